The number of alkyl halides is 3. The molecule has 7 nitrogen and oxygen atoms in total. The van der Waals surface area contributed by atoms with Gasteiger partial charge in [-0.05, 0) is 68.8 Å². The minimum atomic E-state index is -4.38. The number of piperidine rings is 1. The highest BCUT2D eigenvalue weighted by molar-refractivity contribution is 7.89. The van der Waals surface area contributed by atoms with Crippen LogP contribution in [0.3, 0.4) is 0 Å². The molecule has 2 fully saturated rings. The molecule has 4 rings (SSSR count). The molecule has 1 N–H and O–H groups in total. The second-order valence-corrected chi connectivity index (χ2v) is 10.6. The van der Waals surface area contributed by atoms with Crippen molar-refractivity contribution in [1.29, 1.82) is 0 Å². The van der Waals surface area contributed by atoms with Crippen molar-refractivity contribution in [2.75, 3.05) is 56.1 Å². The van der Waals surface area contributed by atoms with Gasteiger partial charge in [-0.3, -0.25) is 4.79 Å². The maximum atomic E-state index is 13.6. The van der Waals surface area contributed by atoms with Crippen LogP contribution in [0.2, 0.25) is 0 Å². The lowest BCUT2D eigenvalue weighted by Gasteiger charge is -2.37. The molecule has 0 aromatic heterocycles. The largest absolute Gasteiger partial charge is 0.416 e. The quantitative estimate of drug-likeness (QED) is 0.666. The molecule has 11 heteroatoms. The molecule has 2 saturated heterocycles. The summed E-state index contributed by atoms with van der Waals surface area (Å²) >= 11 is 0. The Kier molecular flexibility index (Phi) is 7.27. The van der Waals surface area contributed by atoms with Crippen LogP contribution in [0.15, 0.2) is 47.4 Å². The van der Waals surface area contributed by atoms with Gasteiger partial charge in [-0.15, -0.1) is 0 Å². The normalized spacial score (nSPS) is 17.5. The summed E-state index contributed by atoms with van der Waals surface area (Å²) in [4.78, 5) is 19.4. The molecular weight excluding hydrogens is 481 g/mol. The first-order valence-corrected chi connectivity index (χ1v) is 13.1. The van der Waals surface area contributed by atoms with Crippen molar-refractivity contribution in [3.63, 3.8) is 0 Å². The highest BCUT2D eigenvalue weighted by Gasteiger charge is 2.31. The number of hydrogen-bond donors (Lipinski definition) is 1. The lowest BCUT2D eigenvalue weighted by Crippen LogP contribution is -2.49. The number of carbonyl (C=O) groups excluding carboxylic acids is 1. The molecule has 0 unspecified atom stereocenters. The molecule has 2 aromatic carbocycles. The van der Waals surface area contributed by atoms with E-state index in [4.69, 9.17) is 0 Å². The van der Waals surface area contributed by atoms with E-state index in [9.17, 15) is 26.4 Å². The Bertz CT molecular complexity index is 1160. The van der Waals surface area contributed by atoms with E-state index in [1.165, 1.54) is 31.3 Å². The van der Waals surface area contributed by atoms with Crippen LogP contribution >= 0.6 is 0 Å². The number of nitrogens with zero attached hydrogens (tertiary/aromatic N) is 3. The highest BCUT2D eigenvalue weighted by Crippen LogP contribution is 2.31. The average molecular weight is 511 g/mol. The predicted octanol–water partition coefficient (Wildman–Crippen LogP) is 3.57. The van der Waals surface area contributed by atoms with Crippen LogP contribution in [-0.4, -0.2) is 65.5 Å². The summed E-state index contributed by atoms with van der Waals surface area (Å²) in [6.07, 6.45) is -1.24. The van der Waals surface area contributed by atoms with Crippen molar-refractivity contribution < 1.29 is 26.4 Å². The van der Waals surface area contributed by atoms with E-state index in [1.54, 1.807) is 11.0 Å². The molecule has 35 heavy (non-hydrogen) atoms. The minimum Gasteiger partial charge on any atom is -0.371 e. The number of sulfonamides is 1. The molecule has 2 heterocycles. The van der Waals surface area contributed by atoms with Gasteiger partial charge in [-0.1, -0.05) is 0 Å². The smallest absolute Gasteiger partial charge is 0.371 e. The molecular formula is C24H29F3N4O3S. The standard InChI is InChI=1S/C24H29F3N4O3S/c1-28-35(33,34)20-9-10-22(30-11-3-2-4-12-30)21(17-20)23(32)31-15-13-29(14-16-31)19-7-5-18(6-8-19)24(25,26)27/h5-10,17,28H,2-4,11-16H2,1H3. The third kappa shape index (κ3) is 5.56. The third-order valence-corrected chi connectivity index (χ3v) is 8.01. The number of nitrogens with one attached hydrogen (secondary N) is 1. The molecule has 1 amide bonds. The van der Waals surface area contributed by atoms with Crippen molar-refractivity contribution in [1.82, 2.24) is 9.62 Å². The molecule has 0 aliphatic carbocycles. The molecule has 0 radical (unpaired) electrons. The first-order chi connectivity index (χ1) is 16.6. The fourth-order valence-corrected chi connectivity index (χ4v) is 5.34. The van der Waals surface area contributed by atoms with Crippen molar-refractivity contribution in [3.8, 4) is 0 Å². The van der Waals surface area contributed by atoms with Crippen molar-refractivity contribution >= 4 is 27.3 Å². The van der Waals surface area contributed by atoms with E-state index >= 15 is 0 Å². The summed E-state index contributed by atoms with van der Waals surface area (Å²) in [5.41, 5.74) is 1.05. The van der Waals surface area contributed by atoms with Crippen molar-refractivity contribution in [3.05, 3.63) is 53.6 Å². The van der Waals surface area contributed by atoms with Crippen LogP contribution in [0.1, 0.15) is 35.2 Å². The lowest BCUT2D eigenvalue weighted by molar-refractivity contribution is -0.137. The Morgan fingerprint density at radius 3 is 2.06 bits per heavy atom. The second-order valence-electron chi connectivity index (χ2n) is 8.76. The monoisotopic (exact) mass is 510 g/mol. The van der Waals surface area contributed by atoms with Crippen LogP contribution in [0.25, 0.3) is 0 Å². The fraction of sp³-hybridized carbons (Fsp3) is 0.458. The SMILES string of the molecule is CNS(=O)(=O)c1ccc(N2CCCCC2)c(C(=O)N2CCN(c3ccc(C(F)(F)F)cc3)CC2)c1. The third-order valence-electron chi connectivity index (χ3n) is 6.60. The number of carbonyl (C=O) groups is 1. The molecule has 2 aliphatic rings. The van der Waals surface area contributed by atoms with Crippen LogP contribution in [-0.2, 0) is 16.2 Å². The zero-order valence-electron chi connectivity index (χ0n) is 19.5. The summed E-state index contributed by atoms with van der Waals surface area (Å²) in [5, 5.41) is 0. The Labute approximate surface area is 203 Å². The number of hydrogen-bond acceptors (Lipinski definition) is 5. The first kappa shape index (κ1) is 25.3. The Morgan fingerprint density at radius 1 is 0.857 bits per heavy atom. The summed E-state index contributed by atoms with van der Waals surface area (Å²) in [7, 11) is -2.39. The molecule has 0 atom stereocenters. The summed E-state index contributed by atoms with van der Waals surface area (Å²) in [6.45, 7) is 3.29. The van der Waals surface area contributed by atoms with Gasteiger partial charge in [0, 0.05) is 50.6 Å². The van der Waals surface area contributed by atoms with E-state index in [0.29, 0.717) is 37.4 Å². The predicted molar refractivity (Wildman–Crippen MR) is 128 cm³/mol. The van der Waals surface area contributed by atoms with Gasteiger partial charge in [-0.2, -0.15) is 13.2 Å². The first-order valence-electron chi connectivity index (χ1n) is 11.6. The van der Waals surface area contributed by atoms with Gasteiger partial charge in [0.25, 0.3) is 5.91 Å². The van der Waals surface area contributed by atoms with Gasteiger partial charge in [0.05, 0.1) is 16.0 Å². The van der Waals surface area contributed by atoms with E-state index in [1.807, 2.05) is 4.90 Å². The van der Waals surface area contributed by atoms with E-state index in [-0.39, 0.29) is 10.8 Å². The zero-order valence-corrected chi connectivity index (χ0v) is 20.3. The average Bonchev–Trinajstić information content (AvgIpc) is 2.88. The number of amides is 1. The molecule has 0 bridgehead atoms. The van der Waals surface area contributed by atoms with Gasteiger partial charge in [-0.25, -0.2) is 13.1 Å². The van der Waals surface area contributed by atoms with Crippen molar-refractivity contribution in [2.45, 2.75) is 30.3 Å². The zero-order chi connectivity index (χ0) is 25.2. The molecule has 0 spiro atoms. The molecule has 2 aromatic rings. The van der Waals surface area contributed by atoms with Crippen molar-refractivity contribution in [2.24, 2.45) is 0 Å². The van der Waals surface area contributed by atoms with Crippen LogP contribution < -0.4 is 14.5 Å². The number of anilines is 2. The fourth-order valence-electron chi connectivity index (χ4n) is 4.58. The number of halogens is 3. The minimum absolute atomic E-state index is 0.0347. The Morgan fingerprint density at radius 2 is 1.49 bits per heavy atom. The molecule has 0 saturated carbocycles. The van der Waals surface area contributed by atoms with Crippen LogP contribution in [0, 0.1) is 0 Å². The maximum Gasteiger partial charge on any atom is 0.416 e. The highest BCUT2D eigenvalue weighted by atomic mass is 32.2. The van der Waals surface area contributed by atoms with Crippen LogP contribution in [0.5, 0.6) is 0 Å². The van der Waals surface area contributed by atoms with E-state index < -0.39 is 21.8 Å². The van der Waals surface area contributed by atoms with Crippen LogP contribution in [0.4, 0.5) is 24.5 Å². The lowest BCUT2D eigenvalue weighted by atomic mass is 10.1. The number of piperazine rings is 1. The van der Waals surface area contributed by atoms with Gasteiger partial charge >= 0.3 is 6.18 Å². The Balaban J connectivity index is 1.53. The second kappa shape index (κ2) is 10.1. The van der Waals surface area contributed by atoms with Gasteiger partial charge in [0.1, 0.15) is 0 Å². The van der Waals surface area contributed by atoms with E-state index in [0.717, 1.165) is 50.2 Å². The molecule has 190 valence electrons. The van der Waals surface area contributed by atoms with Gasteiger partial charge in [0.2, 0.25) is 10.0 Å². The van der Waals surface area contributed by atoms with E-state index in [2.05, 4.69) is 9.62 Å². The van der Waals surface area contributed by atoms with Gasteiger partial charge in [0.15, 0.2) is 0 Å². The summed E-state index contributed by atoms with van der Waals surface area (Å²) < 4.78 is 65.7. The number of benzene rings is 2. The summed E-state index contributed by atoms with van der Waals surface area (Å²) in [6, 6.07) is 9.69. The maximum absolute atomic E-state index is 13.6. The Hall–Kier alpha value is -2.79. The van der Waals surface area contributed by atoms with Gasteiger partial charge < -0.3 is 14.7 Å². The number of rotatable bonds is 5. The molecule has 2 aliphatic heterocycles. The summed E-state index contributed by atoms with van der Waals surface area (Å²) in [5.74, 6) is -0.245. The topological polar surface area (TPSA) is 73.0 Å².